The highest BCUT2D eigenvalue weighted by Gasteiger charge is 2.27. The molecular weight excluding hydrogens is 364 g/mol. The molecule has 1 aromatic carbocycles. The predicted octanol–water partition coefficient (Wildman–Crippen LogP) is 2.32. The maximum Gasteiger partial charge on any atom is 0.276 e. The summed E-state index contributed by atoms with van der Waals surface area (Å²) in [5.41, 5.74) is 4.12. The van der Waals surface area contributed by atoms with Crippen molar-refractivity contribution in [3.05, 3.63) is 63.6 Å². The minimum Gasteiger partial charge on any atom is -0.396 e. The molecule has 2 aromatic rings. The van der Waals surface area contributed by atoms with Gasteiger partial charge in [0.05, 0.1) is 11.3 Å². The molecule has 6 heteroatoms. The van der Waals surface area contributed by atoms with Gasteiger partial charge in [-0.1, -0.05) is 29.8 Å². The SMILES string of the molecule is CC(C)=CCN1CCN(Cc2c(C)n(C)n(-c3ccccc3)c2=O)CC1CCO. The number of hydrogen-bond acceptors (Lipinski definition) is 4. The van der Waals surface area contributed by atoms with Crippen LogP contribution < -0.4 is 5.56 Å². The van der Waals surface area contributed by atoms with Gasteiger partial charge in [0.2, 0.25) is 0 Å². The summed E-state index contributed by atoms with van der Waals surface area (Å²) in [4.78, 5) is 18.0. The molecule has 3 rings (SSSR count). The number of piperazine rings is 1. The maximum absolute atomic E-state index is 13.2. The molecular formula is C23H34N4O2. The summed E-state index contributed by atoms with van der Waals surface area (Å²) in [6.07, 6.45) is 3.01. The first kappa shape index (κ1) is 21.6. The number of nitrogens with zero attached hydrogens (tertiary/aromatic N) is 4. The van der Waals surface area contributed by atoms with Crippen LogP contribution in [0.1, 0.15) is 31.5 Å². The van der Waals surface area contributed by atoms with Crippen LogP contribution in [-0.4, -0.2) is 63.1 Å². The number of para-hydroxylation sites is 1. The van der Waals surface area contributed by atoms with Gasteiger partial charge in [0.15, 0.2) is 0 Å². The predicted molar refractivity (Wildman–Crippen MR) is 118 cm³/mol. The van der Waals surface area contributed by atoms with Gasteiger partial charge in [-0.05, 0) is 39.3 Å². The minimum atomic E-state index is 0.0573. The van der Waals surface area contributed by atoms with Gasteiger partial charge in [-0.3, -0.25) is 19.3 Å². The molecule has 1 atom stereocenters. The summed E-state index contributed by atoms with van der Waals surface area (Å²) in [7, 11) is 1.94. The van der Waals surface area contributed by atoms with Crippen LogP contribution in [-0.2, 0) is 13.6 Å². The highest BCUT2D eigenvalue weighted by atomic mass is 16.3. The molecule has 0 spiro atoms. The Hall–Kier alpha value is -2.15. The molecule has 0 amide bonds. The normalized spacial score (nSPS) is 18.2. The Labute approximate surface area is 173 Å². The Morgan fingerprint density at radius 3 is 2.59 bits per heavy atom. The average Bonchev–Trinajstić information content (AvgIpc) is 2.91. The van der Waals surface area contributed by atoms with E-state index >= 15 is 0 Å². The van der Waals surface area contributed by atoms with Gasteiger partial charge in [-0.2, -0.15) is 0 Å². The lowest BCUT2D eigenvalue weighted by Gasteiger charge is -2.41. The van der Waals surface area contributed by atoms with Crippen molar-refractivity contribution in [2.75, 3.05) is 32.8 Å². The van der Waals surface area contributed by atoms with E-state index in [1.54, 1.807) is 4.68 Å². The molecule has 0 aliphatic carbocycles. The van der Waals surface area contributed by atoms with E-state index < -0.39 is 0 Å². The van der Waals surface area contributed by atoms with E-state index in [0.717, 1.165) is 49.5 Å². The molecule has 1 N–H and O–H groups in total. The maximum atomic E-state index is 13.2. The second kappa shape index (κ2) is 9.57. The van der Waals surface area contributed by atoms with Gasteiger partial charge < -0.3 is 5.11 Å². The number of aliphatic hydroxyl groups excluding tert-OH is 1. The summed E-state index contributed by atoms with van der Waals surface area (Å²) in [6, 6.07) is 10.1. The van der Waals surface area contributed by atoms with E-state index in [4.69, 9.17) is 0 Å². The van der Waals surface area contributed by atoms with Crippen LogP contribution in [0.15, 0.2) is 46.8 Å². The highest BCUT2D eigenvalue weighted by Crippen LogP contribution is 2.17. The summed E-state index contributed by atoms with van der Waals surface area (Å²) in [5.74, 6) is 0. The van der Waals surface area contributed by atoms with Crippen LogP contribution in [0.4, 0.5) is 0 Å². The largest absolute Gasteiger partial charge is 0.396 e. The smallest absolute Gasteiger partial charge is 0.276 e. The molecule has 1 unspecified atom stereocenters. The van der Waals surface area contributed by atoms with E-state index in [-0.39, 0.29) is 12.2 Å². The molecule has 1 aliphatic heterocycles. The first-order valence-corrected chi connectivity index (χ1v) is 10.5. The van der Waals surface area contributed by atoms with E-state index in [1.165, 1.54) is 5.57 Å². The fourth-order valence-electron chi connectivity index (χ4n) is 4.09. The number of rotatable bonds is 7. The molecule has 2 heterocycles. The number of allylic oxidation sites excluding steroid dienone is 1. The monoisotopic (exact) mass is 398 g/mol. The van der Waals surface area contributed by atoms with Crippen molar-refractivity contribution in [2.45, 2.75) is 39.8 Å². The van der Waals surface area contributed by atoms with Gasteiger partial charge in [0.25, 0.3) is 5.56 Å². The third-order valence-corrected chi connectivity index (χ3v) is 5.94. The topological polar surface area (TPSA) is 53.6 Å². The molecule has 0 bridgehead atoms. The standard InChI is InChI=1S/C23H34N4O2/c1-18(2)10-12-26-14-13-25(16-21(26)11-15-28)17-22-19(3)24(4)27(23(22)29)20-8-6-5-7-9-20/h5-10,21,28H,11-17H2,1-4H3. The number of hydrogen-bond donors (Lipinski definition) is 1. The van der Waals surface area contributed by atoms with Gasteiger partial charge in [0, 0.05) is 58.1 Å². The molecule has 6 nitrogen and oxygen atoms in total. The van der Waals surface area contributed by atoms with Crippen molar-refractivity contribution in [1.29, 1.82) is 0 Å². The van der Waals surface area contributed by atoms with E-state index in [9.17, 15) is 9.90 Å². The van der Waals surface area contributed by atoms with Crippen LogP contribution in [0.5, 0.6) is 0 Å². The van der Waals surface area contributed by atoms with Crippen molar-refractivity contribution >= 4 is 0 Å². The molecule has 1 saturated heterocycles. The zero-order valence-corrected chi connectivity index (χ0v) is 18.1. The molecule has 158 valence electrons. The summed E-state index contributed by atoms with van der Waals surface area (Å²) >= 11 is 0. The molecule has 1 aromatic heterocycles. The van der Waals surface area contributed by atoms with Crippen LogP contribution in [0, 0.1) is 6.92 Å². The van der Waals surface area contributed by atoms with Gasteiger partial charge in [0.1, 0.15) is 0 Å². The zero-order valence-electron chi connectivity index (χ0n) is 18.1. The molecule has 1 aliphatic rings. The summed E-state index contributed by atoms with van der Waals surface area (Å²) in [5, 5.41) is 9.53. The van der Waals surface area contributed by atoms with E-state index in [2.05, 4.69) is 29.7 Å². The van der Waals surface area contributed by atoms with Gasteiger partial charge in [-0.25, -0.2) is 4.68 Å². The van der Waals surface area contributed by atoms with Crippen LogP contribution in [0.25, 0.3) is 5.69 Å². The van der Waals surface area contributed by atoms with Gasteiger partial charge >= 0.3 is 0 Å². The summed E-state index contributed by atoms with van der Waals surface area (Å²) < 4.78 is 3.70. The number of aromatic nitrogens is 2. The lowest BCUT2D eigenvalue weighted by atomic mass is 10.1. The molecule has 29 heavy (non-hydrogen) atoms. The quantitative estimate of drug-likeness (QED) is 0.728. The fraction of sp³-hybridized carbons (Fsp3) is 0.522. The van der Waals surface area contributed by atoms with Crippen LogP contribution in [0.3, 0.4) is 0 Å². The second-order valence-electron chi connectivity index (χ2n) is 8.22. The van der Waals surface area contributed by atoms with Crippen molar-refractivity contribution in [1.82, 2.24) is 19.2 Å². The first-order valence-electron chi connectivity index (χ1n) is 10.5. The third kappa shape index (κ3) is 4.89. The second-order valence-corrected chi connectivity index (χ2v) is 8.22. The Balaban J connectivity index is 1.79. The molecule has 0 radical (unpaired) electrons. The minimum absolute atomic E-state index is 0.0573. The van der Waals surface area contributed by atoms with Crippen molar-refractivity contribution in [2.24, 2.45) is 7.05 Å². The van der Waals surface area contributed by atoms with Crippen molar-refractivity contribution in [3.63, 3.8) is 0 Å². The third-order valence-electron chi connectivity index (χ3n) is 5.94. The Morgan fingerprint density at radius 2 is 1.93 bits per heavy atom. The van der Waals surface area contributed by atoms with Crippen molar-refractivity contribution < 1.29 is 5.11 Å². The van der Waals surface area contributed by atoms with E-state index in [1.807, 2.05) is 49.0 Å². The zero-order chi connectivity index (χ0) is 21.0. The van der Waals surface area contributed by atoms with Gasteiger partial charge in [-0.15, -0.1) is 0 Å². The Kier molecular flexibility index (Phi) is 7.11. The Bertz CT molecular complexity index is 894. The molecule has 1 fully saturated rings. The fourth-order valence-corrected chi connectivity index (χ4v) is 4.09. The summed E-state index contributed by atoms with van der Waals surface area (Å²) in [6.45, 7) is 10.8. The average molecular weight is 399 g/mol. The number of benzene rings is 1. The first-order chi connectivity index (χ1) is 13.9. The lowest BCUT2D eigenvalue weighted by molar-refractivity contribution is 0.0634. The molecule has 0 saturated carbocycles. The highest BCUT2D eigenvalue weighted by molar-refractivity contribution is 5.33. The number of aliphatic hydroxyl groups is 1. The van der Waals surface area contributed by atoms with Crippen molar-refractivity contribution in [3.8, 4) is 5.69 Å². The van der Waals surface area contributed by atoms with Crippen LogP contribution >= 0.6 is 0 Å². The Morgan fingerprint density at radius 1 is 1.21 bits per heavy atom. The van der Waals surface area contributed by atoms with Crippen LogP contribution in [0.2, 0.25) is 0 Å². The van der Waals surface area contributed by atoms with E-state index in [0.29, 0.717) is 12.6 Å². The lowest BCUT2D eigenvalue weighted by Crippen LogP contribution is -2.53.